The molecule has 0 aromatic heterocycles. The minimum Gasteiger partial charge on any atom is -0.289 e. The predicted molar refractivity (Wildman–Crippen MR) is 89.9 cm³/mol. The summed E-state index contributed by atoms with van der Waals surface area (Å²) in [7, 11) is -3.87. The molecule has 1 heterocycles. The number of sulfonamides is 1. The number of amides is 1. The molecule has 126 valence electrons. The van der Waals surface area contributed by atoms with Crippen LogP contribution in [0.5, 0.6) is 0 Å². The summed E-state index contributed by atoms with van der Waals surface area (Å²) in [5, 5.41) is 10.7. The molecule has 1 amide bonds. The molecule has 0 saturated heterocycles. The number of hydroxylamine groups is 1. The summed E-state index contributed by atoms with van der Waals surface area (Å²) < 4.78 is 27.2. The van der Waals surface area contributed by atoms with Crippen molar-refractivity contribution in [3.63, 3.8) is 0 Å². The van der Waals surface area contributed by atoms with Gasteiger partial charge in [0.15, 0.2) is 0 Å². The van der Waals surface area contributed by atoms with Crippen LogP contribution in [0.3, 0.4) is 0 Å². The molecule has 0 unspecified atom stereocenters. The van der Waals surface area contributed by atoms with Crippen LogP contribution in [0.25, 0.3) is 10.8 Å². The first-order valence-electron chi connectivity index (χ1n) is 7.53. The van der Waals surface area contributed by atoms with Crippen molar-refractivity contribution in [1.29, 1.82) is 0 Å². The Hall–Kier alpha value is -2.22. The van der Waals surface area contributed by atoms with Gasteiger partial charge in [-0.05, 0) is 36.2 Å². The molecule has 1 aliphatic heterocycles. The number of nitrogens with zero attached hydrogens (tertiary/aromatic N) is 1. The fourth-order valence-corrected chi connectivity index (χ4v) is 4.56. The van der Waals surface area contributed by atoms with Crippen LogP contribution in [-0.4, -0.2) is 36.4 Å². The van der Waals surface area contributed by atoms with Crippen LogP contribution in [0.1, 0.15) is 13.3 Å². The molecular formula is C17H18N2O4S. The maximum Gasteiger partial charge on any atom is 0.262 e. The summed E-state index contributed by atoms with van der Waals surface area (Å²) >= 11 is 0. The average Bonchev–Trinajstić information content (AvgIpc) is 2.60. The lowest BCUT2D eigenvalue weighted by Gasteiger charge is -2.32. The minimum absolute atomic E-state index is 0.118. The number of fused-ring (bicyclic) bond motifs is 1. The number of hydrogen-bond acceptors (Lipinski definition) is 4. The zero-order chi connectivity index (χ0) is 17.3. The molecule has 1 aliphatic rings. The van der Waals surface area contributed by atoms with Crippen molar-refractivity contribution in [2.24, 2.45) is 0 Å². The Bertz CT molecular complexity index is 921. The van der Waals surface area contributed by atoms with Crippen molar-refractivity contribution in [2.75, 3.05) is 6.54 Å². The van der Waals surface area contributed by atoms with Gasteiger partial charge in [-0.15, -0.1) is 0 Å². The number of carbonyl (C=O) groups excluding carboxylic acids is 1. The monoisotopic (exact) mass is 346 g/mol. The first-order chi connectivity index (χ1) is 11.4. The van der Waals surface area contributed by atoms with Gasteiger partial charge in [-0.1, -0.05) is 42.0 Å². The Morgan fingerprint density at radius 2 is 1.92 bits per heavy atom. The van der Waals surface area contributed by atoms with E-state index in [2.05, 4.69) is 0 Å². The lowest BCUT2D eigenvalue weighted by Crippen LogP contribution is -2.50. The van der Waals surface area contributed by atoms with E-state index in [0.717, 1.165) is 20.7 Å². The van der Waals surface area contributed by atoms with Gasteiger partial charge < -0.3 is 0 Å². The molecule has 0 fully saturated rings. The standard InChI is InChI=1S/C17H18N2O4S/c1-12-6-9-16(17(20)18-21)19(11-12)24(22,23)15-8-7-13-4-2-3-5-14(13)10-15/h2-8,10,16,21H,9,11H2,1H3,(H,18,20)/t16-/m1/s1. The highest BCUT2D eigenvalue weighted by atomic mass is 32.2. The molecule has 3 rings (SSSR count). The van der Waals surface area contributed by atoms with Gasteiger partial charge in [0.25, 0.3) is 5.91 Å². The first kappa shape index (κ1) is 16.6. The molecule has 1 atom stereocenters. The zero-order valence-electron chi connectivity index (χ0n) is 13.1. The van der Waals surface area contributed by atoms with Gasteiger partial charge >= 0.3 is 0 Å². The van der Waals surface area contributed by atoms with Crippen LogP contribution in [0, 0.1) is 0 Å². The van der Waals surface area contributed by atoms with Crippen molar-refractivity contribution < 1.29 is 18.4 Å². The van der Waals surface area contributed by atoms with E-state index in [1.165, 1.54) is 0 Å². The van der Waals surface area contributed by atoms with E-state index in [-0.39, 0.29) is 17.9 Å². The summed E-state index contributed by atoms with van der Waals surface area (Å²) in [6, 6.07) is 11.4. The van der Waals surface area contributed by atoms with Gasteiger partial charge in [-0.3, -0.25) is 10.0 Å². The van der Waals surface area contributed by atoms with E-state index in [1.54, 1.807) is 23.7 Å². The van der Waals surface area contributed by atoms with E-state index in [1.807, 2.05) is 37.3 Å². The van der Waals surface area contributed by atoms with Crippen molar-refractivity contribution >= 4 is 26.7 Å². The molecule has 2 aromatic carbocycles. The molecule has 2 N–H and O–H groups in total. The molecule has 0 saturated carbocycles. The second-order valence-corrected chi connectivity index (χ2v) is 7.73. The predicted octanol–water partition coefficient (Wildman–Crippen LogP) is 2.05. The molecule has 2 aromatic rings. The zero-order valence-corrected chi connectivity index (χ0v) is 14.0. The summed E-state index contributed by atoms with van der Waals surface area (Å²) in [5.41, 5.74) is 2.42. The third kappa shape index (κ3) is 2.93. The quantitative estimate of drug-likeness (QED) is 0.506. The number of hydrogen-bond donors (Lipinski definition) is 2. The summed E-state index contributed by atoms with van der Waals surface area (Å²) in [6.07, 6.45) is 2.04. The highest BCUT2D eigenvalue weighted by Gasteiger charge is 2.37. The number of benzene rings is 2. The van der Waals surface area contributed by atoms with Gasteiger partial charge in [-0.2, -0.15) is 4.31 Å². The highest BCUT2D eigenvalue weighted by molar-refractivity contribution is 7.89. The molecule has 24 heavy (non-hydrogen) atoms. The molecule has 7 heteroatoms. The molecule has 6 nitrogen and oxygen atoms in total. The summed E-state index contributed by atoms with van der Waals surface area (Å²) in [4.78, 5) is 12.0. The fraction of sp³-hybridized carbons (Fsp3) is 0.235. The van der Waals surface area contributed by atoms with E-state index >= 15 is 0 Å². The Labute approximate surface area is 140 Å². The van der Waals surface area contributed by atoms with Crippen LogP contribution in [0.2, 0.25) is 0 Å². The van der Waals surface area contributed by atoms with E-state index in [4.69, 9.17) is 5.21 Å². The Kier molecular flexibility index (Phi) is 4.40. The number of rotatable bonds is 3. The van der Waals surface area contributed by atoms with Gasteiger partial charge in [-0.25, -0.2) is 13.9 Å². The third-order valence-electron chi connectivity index (χ3n) is 4.18. The average molecular weight is 346 g/mol. The van der Waals surface area contributed by atoms with Gasteiger partial charge in [0.05, 0.1) is 4.90 Å². The largest absolute Gasteiger partial charge is 0.289 e. The maximum atomic E-state index is 13.0. The highest BCUT2D eigenvalue weighted by Crippen LogP contribution is 2.27. The second-order valence-electron chi connectivity index (χ2n) is 5.84. The van der Waals surface area contributed by atoms with Crippen LogP contribution in [0.4, 0.5) is 0 Å². The Morgan fingerprint density at radius 3 is 2.62 bits per heavy atom. The van der Waals surface area contributed by atoms with Gasteiger partial charge in [0.1, 0.15) is 6.04 Å². The lowest BCUT2D eigenvalue weighted by atomic mass is 10.1. The topological polar surface area (TPSA) is 86.7 Å². The van der Waals surface area contributed by atoms with E-state index in [0.29, 0.717) is 0 Å². The second kappa shape index (κ2) is 6.35. The Balaban J connectivity index is 2.06. The normalized spacial score (nSPS) is 19.1. The summed E-state index contributed by atoms with van der Waals surface area (Å²) in [5.74, 6) is -0.733. The smallest absolute Gasteiger partial charge is 0.262 e. The Morgan fingerprint density at radius 1 is 1.21 bits per heavy atom. The van der Waals surface area contributed by atoms with Crippen molar-refractivity contribution in [3.8, 4) is 0 Å². The van der Waals surface area contributed by atoms with E-state index < -0.39 is 22.0 Å². The molecule has 0 bridgehead atoms. The van der Waals surface area contributed by atoms with Crippen molar-refractivity contribution in [1.82, 2.24) is 9.79 Å². The molecule has 0 aliphatic carbocycles. The van der Waals surface area contributed by atoms with Crippen LogP contribution in [0.15, 0.2) is 59.0 Å². The van der Waals surface area contributed by atoms with Crippen LogP contribution >= 0.6 is 0 Å². The van der Waals surface area contributed by atoms with Crippen LogP contribution < -0.4 is 5.48 Å². The van der Waals surface area contributed by atoms with Gasteiger partial charge in [0.2, 0.25) is 10.0 Å². The molecule has 0 spiro atoms. The minimum atomic E-state index is -3.87. The number of nitrogens with one attached hydrogen (secondary N) is 1. The molecule has 0 radical (unpaired) electrons. The SMILES string of the molecule is CC1=CC[C@H](C(=O)NO)N(S(=O)(=O)c2ccc3ccccc3c2)C1. The first-order valence-corrected chi connectivity index (χ1v) is 8.98. The van der Waals surface area contributed by atoms with Crippen molar-refractivity contribution in [2.45, 2.75) is 24.3 Å². The van der Waals surface area contributed by atoms with Gasteiger partial charge in [0, 0.05) is 6.54 Å². The maximum absolute atomic E-state index is 13.0. The van der Waals surface area contributed by atoms with Crippen molar-refractivity contribution in [3.05, 3.63) is 54.1 Å². The fourth-order valence-electron chi connectivity index (χ4n) is 2.88. The third-order valence-corrected chi connectivity index (χ3v) is 6.03. The number of carbonyl (C=O) groups is 1. The van der Waals surface area contributed by atoms with Crippen LogP contribution in [-0.2, 0) is 14.8 Å². The summed E-state index contributed by atoms with van der Waals surface area (Å²) in [6.45, 7) is 1.93. The lowest BCUT2D eigenvalue weighted by molar-refractivity contribution is -0.133. The molecular weight excluding hydrogens is 328 g/mol. The van der Waals surface area contributed by atoms with E-state index in [9.17, 15) is 13.2 Å².